The van der Waals surface area contributed by atoms with Gasteiger partial charge < -0.3 is 5.11 Å². The quantitative estimate of drug-likeness (QED) is 0.771. The van der Waals surface area contributed by atoms with Crippen LogP contribution in [-0.4, -0.2) is 5.11 Å². The molecule has 14 heavy (non-hydrogen) atoms. The Kier molecular flexibility index (Phi) is 2.95. The highest BCUT2D eigenvalue weighted by atomic mass is 19.1. The van der Waals surface area contributed by atoms with Crippen molar-refractivity contribution in [1.82, 2.24) is 0 Å². The molecule has 1 N–H and O–H groups in total. The first-order valence-electron chi connectivity index (χ1n) is 4.84. The first kappa shape index (κ1) is 11.2. The third-order valence-corrected chi connectivity index (χ3v) is 2.86. The molecule has 78 valence electrons. The summed E-state index contributed by atoms with van der Waals surface area (Å²) in [5.74, 6) is -0.155. The van der Waals surface area contributed by atoms with Gasteiger partial charge in [0, 0.05) is 0 Å². The number of benzene rings is 1. The van der Waals surface area contributed by atoms with Crippen LogP contribution in [-0.2, 0) is 5.60 Å². The fourth-order valence-corrected chi connectivity index (χ4v) is 1.51. The van der Waals surface area contributed by atoms with E-state index in [0.29, 0.717) is 0 Å². The van der Waals surface area contributed by atoms with Gasteiger partial charge in [-0.25, -0.2) is 4.39 Å². The fourth-order valence-electron chi connectivity index (χ4n) is 1.51. The first-order chi connectivity index (χ1) is 6.35. The van der Waals surface area contributed by atoms with E-state index in [0.717, 1.165) is 11.1 Å². The van der Waals surface area contributed by atoms with Crippen LogP contribution < -0.4 is 0 Å². The molecule has 0 saturated heterocycles. The Bertz CT molecular complexity index is 329. The van der Waals surface area contributed by atoms with E-state index in [1.54, 1.807) is 13.0 Å². The minimum Gasteiger partial charge on any atom is -0.385 e. The second-order valence-corrected chi connectivity index (χ2v) is 4.26. The molecule has 0 bridgehead atoms. The lowest BCUT2D eigenvalue weighted by Gasteiger charge is -2.29. The normalized spacial score (nSPS) is 15.6. The van der Waals surface area contributed by atoms with Crippen LogP contribution in [0, 0.1) is 18.7 Å². The summed E-state index contributed by atoms with van der Waals surface area (Å²) in [5.41, 5.74) is 0.704. The molecule has 0 aliphatic heterocycles. The van der Waals surface area contributed by atoms with Gasteiger partial charge in [-0.3, -0.25) is 0 Å². The van der Waals surface area contributed by atoms with E-state index < -0.39 is 5.60 Å². The monoisotopic (exact) mass is 196 g/mol. The molecule has 0 amide bonds. The van der Waals surface area contributed by atoms with Crippen LogP contribution in [0.3, 0.4) is 0 Å². The largest absolute Gasteiger partial charge is 0.385 e. The molecule has 1 atom stereocenters. The first-order valence-corrected chi connectivity index (χ1v) is 4.84. The maximum Gasteiger partial charge on any atom is 0.123 e. The highest BCUT2D eigenvalue weighted by Crippen LogP contribution is 2.31. The molecular formula is C12H17FO. The van der Waals surface area contributed by atoms with Gasteiger partial charge in [0.15, 0.2) is 0 Å². The number of aryl methyl sites for hydroxylation is 1. The minimum atomic E-state index is -0.891. The number of hydrogen-bond acceptors (Lipinski definition) is 1. The minimum absolute atomic E-state index is 0.103. The Balaban J connectivity index is 3.19. The van der Waals surface area contributed by atoms with Gasteiger partial charge in [0.05, 0.1) is 5.60 Å². The van der Waals surface area contributed by atoms with Crippen LogP contribution in [0.4, 0.5) is 4.39 Å². The lowest BCUT2D eigenvalue weighted by Crippen LogP contribution is -2.28. The van der Waals surface area contributed by atoms with E-state index in [9.17, 15) is 9.50 Å². The fraction of sp³-hybridized carbons (Fsp3) is 0.500. The number of hydrogen-bond donors (Lipinski definition) is 1. The molecule has 0 fully saturated rings. The average molecular weight is 196 g/mol. The lowest BCUT2D eigenvalue weighted by atomic mass is 9.83. The molecule has 0 heterocycles. The van der Waals surface area contributed by atoms with E-state index in [1.807, 2.05) is 20.8 Å². The van der Waals surface area contributed by atoms with E-state index >= 15 is 0 Å². The van der Waals surface area contributed by atoms with Gasteiger partial charge in [-0.05, 0) is 43.0 Å². The predicted molar refractivity (Wildman–Crippen MR) is 55.5 cm³/mol. The second kappa shape index (κ2) is 3.70. The molecule has 1 aromatic carbocycles. The zero-order valence-electron chi connectivity index (χ0n) is 9.13. The summed E-state index contributed by atoms with van der Waals surface area (Å²) in [6.07, 6.45) is 0. The summed E-state index contributed by atoms with van der Waals surface area (Å²) in [6, 6.07) is 4.50. The molecule has 1 rings (SSSR count). The molecule has 0 radical (unpaired) electrons. The molecule has 1 nitrogen and oxygen atoms in total. The summed E-state index contributed by atoms with van der Waals surface area (Å²) >= 11 is 0. The van der Waals surface area contributed by atoms with E-state index in [4.69, 9.17) is 0 Å². The second-order valence-electron chi connectivity index (χ2n) is 4.26. The van der Waals surface area contributed by atoms with Crippen molar-refractivity contribution in [2.24, 2.45) is 5.92 Å². The maximum absolute atomic E-state index is 12.9. The molecule has 0 aliphatic carbocycles. The van der Waals surface area contributed by atoms with Gasteiger partial charge in [-0.2, -0.15) is 0 Å². The van der Waals surface area contributed by atoms with Gasteiger partial charge in [0.2, 0.25) is 0 Å². The Morgan fingerprint density at radius 2 is 1.93 bits per heavy atom. The Labute approximate surface area is 84.6 Å². The summed E-state index contributed by atoms with van der Waals surface area (Å²) in [6.45, 7) is 7.47. The van der Waals surface area contributed by atoms with Crippen molar-refractivity contribution in [3.63, 3.8) is 0 Å². The number of rotatable bonds is 2. The number of halogens is 1. The average Bonchev–Trinajstić information content (AvgIpc) is 2.02. The van der Waals surface area contributed by atoms with Crippen molar-refractivity contribution >= 4 is 0 Å². The zero-order chi connectivity index (χ0) is 10.9. The Morgan fingerprint density at radius 1 is 1.36 bits per heavy atom. The standard InChI is InChI=1S/C12H17FO/c1-8(2)12(4,14)11-6-5-10(13)7-9(11)3/h5-8,14H,1-4H3. The Hall–Kier alpha value is -0.890. The van der Waals surface area contributed by atoms with Crippen molar-refractivity contribution in [3.05, 3.63) is 35.1 Å². The Morgan fingerprint density at radius 3 is 2.36 bits per heavy atom. The van der Waals surface area contributed by atoms with Crippen LogP contribution in [0.15, 0.2) is 18.2 Å². The SMILES string of the molecule is Cc1cc(F)ccc1C(C)(O)C(C)C. The third kappa shape index (κ3) is 1.95. The van der Waals surface area contributed by atoms with Gasteiger partial charge in [-0.1, -0.05) is 19.9 Å². The molecule has 0 aliphatic rings. The van der Waals surface area contributed by atoms with Crippen LogP contribution >= 0.6 is 0 Å². The van der Waals surface area contributed by atoms with E-state index in [2.05, 4.69) is 0 Å². The molecule has 1 aromatic rings. The van der Waals surface area contributed by atoms with E-state index in [1.165, 1.54) is 12.1 Å². The summed E-state index contributed by atoms with van der Waals surface area (Å²) in [5, 5.41) is 10.2. The van der Waals surface area contributed by atoms with Crippen molar-refractivity contribution in [2.45, 2.75) is 33.3 Å². The van der Waals surface area contributed by atoms with Gasteiger partial charge in [0.25, 0.3) is 0 Å². The third-order valence-electron chi connectivity index (χ3n) is 2.86. The predicted octanol–water partition coefficient (Wildman–Crippen LogP) is 3.00. The molecule has 0 aromatic heterocycles. The molecule has 2 heteroatoms. The summed E-state index contributed by atoms with van der Waals surface area (Å²) in [7, 11) is 0. The smallest absolute Gasteiger partial charge is 0.123 e. The van der Waals surface area contributed by atoms with Crippen molar-refractivity contribution in [2.75, 3.05) is 0 Å². The van der Waals surface area contributed by atoms with E-state index in [-0.39, 0.29) is 11.7 Å². The van der Waals surface area contributed by atoms with Crippen molar-refractivity contribution in [3.8, 4) is 0 Å². The van der Waals surface area contributed by atoms with Gasteiger partial charge in [0.1, 0.15) is 5.82 Å². The maximum atomic E-state index is 12.9. The van der Waals surface area contributed by atoms with Crippen LogP contribution in [0.2, 0.25) is 0 Å². The van der Waals surface area contributed by atoms with Crippen LogP contribution in [0.1, 0.15) is 31.9 Å². The van der Waals surface area contributed by atoms with Crippen molar-refractivity contribution < 1.29 is 9.50 Å². The van der Waals surface area contributed by atoms with Crippen LogP contribution in [0.5, 0.6) is 0 Å². The highest BCUT2D eigenvalue weighted by molar-refractivity contribution is 5.31. The van der Waals surface area contributed by atoms with Crippen LogP contribution in [0.25, 0.3) is 0 Å². The highest BCUT2D eigenvalue weighted by Gasteiger charge is 2.28. The van der Waals surface area contributed by atoms with Gasteiger partial charge in [-0.15, -0.1) is 0 Å². The molecule has 0 spiro atoms. The topological polar surface area (TPSA) is 20.2 Å². The molecular weight excluding hydrogens is 179 g/mol. The van der Waals surface area contributed by atoms with Gasteiger partial charge >= 0.3 is 0 Å². The number of aliphatic hydroxyl groups is 1. The molecule has 1 unspecified atom stereocenters. The summed E-state index contributed by atoms with van der Waals surface area (Å²) in [4.78, 5) is 0. The van der Waals surface area contributed by atoms with Crippen molar-refractivity contribution in [1.29, 1.82) is 0 Å². The summed E-state index contributed by atoms with van der Waals surface area (Å²) < 4.78 is 12.9. The lowest BCUT2D eigenvalue weighted by molar-refractivity contribution is 0.00842. The molecule has 0 saturated carbocycles. The zero-order valence-corrected chi connectivity index (χ0v) is 9.13.